The van der Waals surface area contributed by atoms with E-state index in [-0.39, 0.29) is 5.91 Å². The van der Waals surface area contributed by atoms with Crippen molar-refractivity contribution in [3.05, 3.63) is 0 Å². The number of rotatable bonds is 14. The van der Waals surface area contributed by atoms with Crippen LogP contribution in [0.4, 0.5) is 0 Å². The number of amides is 1. The third-order valence-corrected chi connectivity index (χ3v) is 7.46. The first-order valence-corrected chi connectivity index (χ1v) is 13.1. The van der Waals surface area contributed by atoms with Crippen molar-refractivity contribution in [1.82, 2.24) is 4.90 Å². The lowest BCUT2D eigenvalue weighted by molar-refractivity contribution is -0.132. The second-order valence-electron chi connectivity index (χ2n) is 10.4. The summed E-state index contributed by atoms with van der Waals surface area (Å²) in [5.41, 5.74) is 0. The second kappa shape index (κ2) is 20.5. The maximum atomic E-state index is 10.7. The minimum Gasteiger partial charge on any atom is -0.378 e. The van der Waals surface area contributed by atoms with E-state index in [1.807, 2.05) is 0 Å². The van der Waals surface area contributed by atoms with Crippen LogP contribution in [-0.4, -0.2) is 257 Å². The molecule has 0 aromatic carbocycles. The van der Waals surface area contributed by atoms with Crippen molar-refractivity contribution in [3.63, 3.8) is 0 Å². The van der Waals surface area contributed by atoms with E-state index in [4.69, 9.17) is 129 Å². The zero-order valence-electron chi connectivity index (χ0n) is 23.5. The predicted octanol–water partition coefficient (Wildman–Crippen LogP) is -11.9. The van der Waals surface area contributed by atoms with Gasteiger partial charge in [-0.05, 0) is 0 Å². The average molecular weight is 464 g/mol. The summed E-state index contributed by atoms with van der Waals surface area (Å²) < 4.78 is 5.06. The van der Waals surface area contributed by atoms with Gasteiger partial charge in [-0.1, -0.05) is 0 Å². The molecule has 0 aliphatic carbocycles. The van der Waals surface area contributed by atoms with Crippen LogP contribution in [0.3, 0.4) is 0 Å². The van der Waals surface area contributed by atoms with E-state index in [1.165, 1.54) is 7.06 Å². The Morgan fingerprint density at radius 2 is 0.825 bits per heavy atom. The van der Waals surface area contributed by atoms with Gasteiger partial charge in [0.1, 0.15) is 0 Å². The molecule has 0 atom stereocenters. The van der Waals surface area contributed by atoms with Crippen LogP contribution in [0.5, 0.6) is 0 Å². The summed E-state index contributed by atoms with van der Waals surface area (Å²) in [6, 6.07) is 0. The van der Waals surface area contributed by atoms with Crippen LogP contribution in [0.15, 0.2) is 0 Å². The van der Waals surface area contributed by atoms with Crippen molar-refractivity contribution in [2.24, 2.45) is 0 Å². The molecular formula is C6H11B31NO2. The van der Waals surface area contributed by atoms with Gasteiger partial charge in [0, 0.05) is 240 Å². The lowest BCUT2D eigenvalue weighted by atomic mass is 8.31. The summed E-state index contributed by atoms with van der Waals surface area (Å²) in [4.78, 5) is 12.5. The molecule has 1 aliphatic rings. The van der Waals surface area contributed by atoms with Gasteiger partial charge in [0.15, 0.2) is 0 Å². The van der Waals surface area contributed by atoms with E-state index in [0.29, 0.717) is 13.2 Å². The minimum absolute atomic E-state index is 0.151. The highest BCUT2D eigenvalue weighted by Gasteiger charge is 2.52. The smallest absolute Gasteiger partial charge is 0.219 e. The van der Waals surface area contributed by atoms with Crippen molar-refractivity contribution >= 4 is 226 Å². The SMILES string of the molecule is CC(=O)N1CCOCC1.[B][B]B([B])B(B([B])[B])B(B(B([B])[B])B([B])[B])B(B(B([B])[B])B([B])[B])B(B([B])[B])B([B])[B]. The fraction of sp³-hybridized carbons (Fsp3) is 0.833. The van der Waals surface area contributed by atoms with Crippen LogP contribution in [0.1, 0.15) is 6.92 Å². The summed E-state index contributed by atoms with van der Waals surface area (Å²) in [6.45, 7) is 4.50. The Kier molecular flexibility index (Phi) is 21.2. The van der Waals surface area contributed by atoms with Crippen molar-refractivity contribution in [2.45, 2.75) is 6.92 Å². The van der Waals surface area contributed by atoms with Crippen LogP contribution >= 0.6 is 0 Å². The first-order valence-electron chi connectivity index (χ1n) is 13.1. The van der Waals surface area contributed by atoms with Gasteiger partial charge in [0.2, 0.25) is 5.91 Å². The number of nitrogens with zero attached hydrogens (tertiary/aromatic N) is 1. The molecule has 3 nitrogen and oxygen atoms in total. The van der Waals surface area contributed by atoms with Crippen LogP contribution in [0.2, 0.25) is 0 Å². The lowest BCUT2D eigenvalue weighted by Crippen LogP contribution is -2.89. The molecule has 40 heavy (non-hydrogen) atoms. The number of hydrogen-bond acceptors (Lipinski definition) is 2. The third-order valence-electron chi connectivity index (χ3n) is 7.46. The van der Waals surface area contributed by atoms with Gasteiger partial charge < -0.3 is 9.64 Å². The maximum absolute atomic E-state index is 10.7. The molecule has 1 heterocycles. The van der Waals surface area contributed by atoms with Gasteiger partial charge in [-0.2, -0.15) is 0 Å². The first kappa shape index (κ1) is 41.4. The van der Waals surface area contributed by atoms with Gasteiger partial charge in [-0.15, -0.1) is 0 Å². The molecule has 0 bridgehead atoms. The highest BCUT2D eigenvalue weighted by Crippen LogP contribution is 2.14. The Morgan fingerprint density at radius 1 is 0.550 bits per heavy atom. The number of carbonyl (C=O) groups excluding carboxylic acids is 1. The van der Waals surface area contributed by atoms with Gasteiger partial charge in [0.25, 0.3) is 0 Å². The van der Waals surface area contributed by atoms with E-state index in [2.05, 4.69) is 0 Å². The number of morpholine rings is 1. The lowest BCUT2D eigenvalue weighted by Gasteiger charge is -2.50. The van der Waals surface area contributed by atoms with Gasteiger partial charge in [-0.25, -0.2) is 0 Å². The van der Waals surface area contributed by atoms with Crippen LogP contribution in [0, 0.1) is 0 Å². The van der Waals surface area contributed by atoms with Crippen molar-refractivity contribution in [2.75, 3.05) is 26.3 Å². The molecule has 0 unspecified atom stereocenters. The van der Waals surface area contributed by atoms with E-state index < -0.39 is 89.4 Å². The van der Waals surface area contributed by atoms with Crippen LogP contribution < -0.4 is 0 Å². The van der Waals surface area contributed by atoms with Crippen molar-refractivity contribution < 1.29 is 9.53 Å². The maximum Gasteiger partial charge on any atom is 0.219 e. The fourth-order valence-electron chi connectivity index (χ4n) is 5.63. The third kappa shape index (κ3) is 12.8. The molecule has 1 aliphatic heterocycles. The standard InChI is InChI=1S/C6H11NO2.B31/c1-6(8)7-2-4-9-5-3-7;1-17-25(16)29(24(14)15)31(28(22(10)11)23(12)13)30(26(18(2)3)19(4)5)27(20(6)7)21(8)9/h2-5H2,1H3;. The first-order chi connectivity index (χ1) is 18.4. The molecular weight excluding hydrogens is 453 g/mol. The second-order valence-corrected chi connectivity index (χ2v) is 10.4. The minimum atomic E-state index is -1.07. The zero-order chi connectivity index (χ0) is 31.5. The molecule has 0 spiro atoms. The molecule has 34 heteroatoms. The molecule has 0 aromatic rings. The van der Waals surface area contributed by atoms with Crippen molar-refractivity contribution in [1.29, 1.82) is 0 Å². The van der Waals surface area contributed by atoms with E-state index in [1.54, 1.807) is 11.8 Å². The van der Waals surface area contributed by atoms with Gasteiger partial charge in [-0.3, -0.25) is 4.79 Å². The summed E-state index contributed by atoms with van der Waals surface area (Å²) in [6.07, 6.45) is -13.4. The molecule has 33 radical (unpaired) electrons. The van der Waals surface area contributed by atoms with E-state index in [9.17, 15) is 4.79 Å². The predicted molar refractivity (Wildman–Crippen MR) is 211 cm³/mol. The van der Waals surface area contributed by atoms with Crippen LogP contribution in [-0.2, 0) is 9.53 Å². The zero-order valence-corrected chi connectivity index (χ0v) is 23.5. The highest BCUT2D eigenvalue weighted by molar-refractivity contribution is 8.28. The van der Waals surface area contributed by atoms with E-state index in [0.717, 1.165) is 13.1 Å². The Bertz CT molecular complexity index is 639. The Hall–Kier alpha value is 1.44. The Morgan fingerprint density at radius 3 is 1.02 bits per heavy atom. The molecule has 0 N–H and O–H groups in total. The molecule has 1 fully saturated rings. The highest BCUT2D eigenvalue weighted by atomic mass is 16.5. The Balaban J connectivity index is 0.00000141. The van der Waals surface area contributed by atoms with Crippen molar-refractivity contribution in [3.8, 4) is 0 Å². The average Bonchev–Trinajstić information content (AvgIpc) is 2.82. The fourth-order valence-corrected chi connectivity index (χ4v) is 5.63. The van der Waals surface area contributed by atoms with Gasteiger partial charge in [0.05, 0.1) is 13.2 Å². The number of hydrogen-bond donors (Lipinski definition) is 0. The quantitative estimate of drug-likeness (QED) is 0.239. The number of ether oxygens (including phenoxy) is 1. The molecule has 145 valence electrons. The summed E-state index contributed by atoms with van der Waals surface area (Å²) in [5.74, 6) is 0.151. The summed E-state index contributed by atoms with van der Waals surface area (Å²) in [5, 5.41) is 0. The van der Waals surface area contributed by atoms with Crippen LogP contribution in [0.25, 0.3) is 0 Å². The molecule has 1 rings (SSSR count). The number of carbonyl (C=O) groups is 1. The Labute approximate surface area is 272 Å². The molecule has 1 amide bonds. The topological polar surface area (TPSA) is 29.5 Å². The molecule has 0 saturated carbocycles. The summed E-state index contributed by atoms with van der Waals surface area (Å²) >= 11 is 0. The monoisotopic (exact) mass is 470 g/mol. The largest absolute Gasteiger partial charge is 0.378 e. The summed E-state index contributed by atoms with van der Waals surface area (Å²) in [7, 11) is 98.1. The van der Waals surface area contributed by atoms with Gasteiger partial charge >= 0.3 is 0 Å². The molecule has 0 aromatic heterocycles. The normalized spacial score (nSPS) is 11.8. The molecule has 1 saturated heterocycles. The van der Waals surface area contributed by atoms with E-state index >= 15 is 0 Å².